The predicted molar refractivity (Wildman–Crippen MR) is 127 cm³/mol. The van der Waals surface area contributed by atoms with E-state index >= 15 is 0 Å². The van der Waals surface area contributed by atoms with Gasteiger partial charge in [0, 0.05) is 50.9 Å². The van der Waals surface area contributed by atoms with Crippen molar-refractivity contribution in [3.63, 3.8) is 0 Å². The van der Waals surface area contributed by atoms with Gasteiger partial charge in [-0.25, -0.2) is 9.97 Å². The van der Waals surface area contributed by atoms with Crippen molar-refractivity contribution in [3.8, 4) is 5.69 Å². The van der Waals surface area contributed by atoms with E-state index in [-0.39, 0.29) is 5.91 Å². The van der Waals surface area contributed by atoms with Crippen LogP contribution in [0.3, 0.4) is 0 Å². The van der Waals surface area contributed by atoms with Gasteiger partial charge in [0.15, 0.2) is 0 Å². The Balaban J connectivity index is 1.26. The number of halogens is 1. The summed E-state index contributed by atoms with van der Waals surface area (Å²) >= 11 is 5.94. The highest BCUT2D eigenvalue weighted by Gasteiger charge is 2.22. The molecule has 0 aliphatic carbocycles. The fourth-order valence-electron chi connectivity index (χ4n) is 4.23. The summed E-state index contributed by atoms with van der Waals surface area (Å²) in [5, 5.41) is 0.629. The molecule has 2 aromatic carbocycles. The number of fused-ring (bicyclic) bond motifs is 1. The van der Waals surface area contributed by atoms with Crippen molar-refractivity contribution in [2.75, 3.05) is 31.1 Å². The number of anilines is 1. The van der Waals surface area contributed by atoms with Crippen LogP contribution in [0.2, 0.25) is 5.02 Å². The van der Waals surface area contributed by atoms with Crippen molar-refractivity contribution in [2.45, 2.75) is 12.8 Å². The SMILES string of the molecule is O=C(CCc1nc2ccccc2n1-c1ccccc1)N1CCN(c2ccc(Cl)cn2)CC1. The van der Waals surface area contributed by atoms with Crippen molar-refractivity contribution in [1.29, 1.82) is 0 Å². The molecule has 3 heterocycles. The van der Waals surface area contributed by atoms with Crippen molar-refractivity contribution in [2.24, 2.45) is 0 Å². The normalized spacial score (nSPS) is 14.2. The highest BCUT2D eigenvalue weighted by atomic mass is 35.5. The minimum atomic E-state index is 0.167. The fraction of sp³-hybridized carbons (Fsp3) is 0.240. The van der Waals surface area contributed by atoms with Crippen LogP contribution in [0.15, 0.2) is 72.9 Å². The van der Waals surface area contributed by atoms with E-state index in [1.807, 2.05) is 53.4 Å². The topological polar surface area (TPSA) is 54.3 Å². The van der Waals surface area contributed by atoms with Gasteiger partial charge in [0.2, 0.25) is 5.91 Å². The Labute approximate surface area is 192 Å². The number of aromatic nitrogens is 3. The monoisotopic (exact) mass is 445 g/mol. The van der Waals surface area contributed by atoms with Crippen LogP contribution in [-0.2, 0) is 11.2 Å². The number of para-hydroxylation sites is 3. The minimum absolute atomic E-state index is 0.167. The molecule has 162 valence electrons. The average molecular weight is 446 g/mol. The number of carbonyl (C=O) groups excluding carboxylic acids is 1. The first-order valence-electron chi connectivity index (χ1n) is 10.8. The smallest absolute Gasteiger partial charge is 0.223 e. The maximum atomic E-state index is 13.0. The second-order valence-electron chi connectivity index (χ2n) is 7.89. The number of piperazine rings is 1. The van der Waals surface area contributed by atoms with Crippen LogP contribution in [0.25, 0.3) is 16.7 Å². The summed E-state index contributed by atoms with van der Waals surface area (Å²) in [6.07, 6.45) is 2.70. The highest BCUT2D eigenvalue weighted by Crippen LogP contribution is 2.23. The lowest BCUT2D eigenvalue weighted by atomic mass is 10.2. The van der Waals surface area contributed by atoms with Gasteiger partial charge in [-0.15, -0.1) is 0 Å². The Morgan fingerprint density at radius 2 is 1.66 bits per heavy atom. The van der Waals surface area contributed by atoms with Gasteiger partial charge in [0.1, 0.15) is 11.6 Å². The minimum Gasteiger partial charge on any atom is -0.353 e. The van der Waals surface area contributed by atoms with Crippen molar-refractivity contribution in [3.05, 3.63) is 83.8 Å². The molecule has 0 spiro atoms. The first-order valence-corrected chi connectivity index (χ1v) is 11.2. The number of nitrogens with zero attached hydrogens (tertiary/aromatic N) is 5. The van der Waals surface area contributed by atoms with Crippen LogP contribution >= 0.6 is 11.6 Å². The molecule has 1 fully saturated rings. The van der Waals surface area contributed by atoms with E-state index in [1.54, 1.807) is 6.20 Å². The Hall–Kier alpha value is -3.38. The molecule has 1 saturated heterocycles. The molecule has 4 aromatic rings. The molecular weight excluding hydrogens is 422 g/mol. The van der Waals surface area contributed by atoms with Crippen LogP contribution in [0.1, 0.15) is 12.2 Å². The zero-order chi connectivity index (χ0) is 21.9. The van der Waals surface area contributed by atoms with Crippen LogP contribution < -0.4 is 4.90 Å². The maximum Gasteiger partial charge on any atom is 0.223 e. The van der Waals surface area contributed by atoms with E-state index in [4.69, 9.17) is 16.6 Å². The summed E-state index contributed by atoms with van der Waals surface area (Å²) in [6.45, 7) is 2.92. The molecule has 1 amide bonds. The zero-order valence-corrected chi connectivity index (χ0v) is 18.4. The lowest BCUT2D eigenvalue weighted by Gasteiger charge is -2.35. The molecule has 0 radical (unpaired) electrons. The summed E-state index contributed by atoms with van der Waals surface area (Å²) in [5.41, 5.74) is 3.07. The van der Waals surface area contributed by atoms with Crippen LogP contribution in [0, 0.1) is 0 Å². The molecule has 2 aromatic heterocycles. The van der Waals surface area contributed by atoms with Crippen LogP contribution in [-0.4, -0.2) is 51.5 Å². The van der Waals surface area contributed by atoms with Gasteiger partial charge >= 0.3 is 0 Å². The van der Waals surface area contributed by atoms with Gasteiger partial charge in [-0.3, -0.25) is 9.36 Å². The number of rotatable bonds is 5. The molecule has 0 atom stereocenters. The molecule has 6 nitrogen and oxygen atoms in total. The van der Waals surface area contributed by atoms with E-state index in [0.717, 1.165) is 41.5 Å². The van der Waals surface area contributed by atoms with Gasteiger partial charge < -0.3 is 9.80 Å². The van der Waals surface area contributed by atoms with Crippen molar-refractivity contribution < 1.29 is 4.79 Å². The van der Waals surface area contributed by atoms with E-state index in [2.05, 4.69) is 32.7 Å². The van der Waals surface area contributed by atoms with E-state index in [9.17, 15) is 4.79 Å². The number of pyridine rings is 1. The average Bonchev–Trinajstić information content (AvgIpc) is 3.22. The number of hydrogen-bond donors (Lipinski definition) is 0. The fourth-order valence-corrected chi connectivity index (χ4v) is 4.34. The van der Waals surface area contributed by atoms with Crippen LogP contribution in [0.4, 0.5) is 5.82 Å². The Morgan fingerprint density at radius 3 is 2.41 bits per heavy atom. The summed E-state index contributed by atoms with van der Waals surface area (Å²) in [5.74, 6) is 1.98. The highest BCUT2D eigenvalue weighted by molar-refractivity contribution is 6.30. The van der Waals surface area contributed by atoms with Gasteiger partial charge in [-0.2, -0.15) is 0 Å². The molecule has 32 heavy (non-hydrogen) atoms. The predicted octanol–water partition coefficient (Wildman–Crippen LogP) is 4.36. The van der Waals surface area contributed by atoms with E-state index in [0.29, 0.717) is 31.0 Å². The number of amides is 1. The quantitative estimate of drug-likeness (QED) is 0.458. The van der Waals surface area contributed by atoms with Crippen LogP contribution in [0.5, 0.6) is 0 Å². The zero-order valence-electron chi connectivity index (χ0n) is 17.7. The van der Waals surface area contributed by atoms with Gasteiger partial charge in [-0.1, -0.05) is 41.9 Å². The largest absolute Gasteiger partial charge is 0.353 e. The molecule has 0 unspecified atom stereocenters. The Morgan fingerprint density at radius 1 is 0.906 bits per heavy atom. The molecule has 0 N–H and O–H groups in total. The third-order valence-electron chi connectivity index (χ3n) is 5.88. The second-order valence-corrected chi connectivity index (χ2v) is 8.33. The summed E-state index contributed by atoms with van der Waals surface area (Å²) < 4.78 is 2.16. The summed E-state index contributed by atoms with van der Waals surface area (Å²) in [7, 11) is 0. The maximum absolute atomic E-state index is 13.0. The summed E-state index contributed by atoms with van der Waals surface area (Å²) in [4.78, 5) is 26.3. The molecule has 1 aliphatic rings. The van der Waals surface area contributed by atoms with Gasteiger partial charge in [-0.05, 0) is 36.4 Å². The number of aryl methyl sites for hydroxylation is 1. The molecule has 1 aliphatic heterocycles. The number of hydrogen-bond acceptors (Lipinski definition) is 4. The molecule has 7 heteroatoms. The number of imidazole rings is 1. The van der Waals surface area contributed by atoms with Crippen molar-refractivity contribution in [1.82, 2.24) is 19.4 Å². The third kappa shape index (κ3) is 4.18. The lowest BCUT2D eigenvalue weighted by Crippen LogP contribution is -2.49. The standard InChI is InChI=1S/C25H24ClN5O/c26-19-10-11-23(27-18-19)29-14-16-30(17-15-29)25(32)13-12-24-28-21-8-4-5-9-22(21)31(24)20-6-2-1-3-7-20/h1-11,18H,12-17H2. The van der Waals surface area contributed by atoms with Gasteiger partial charge in [0.25, 0.3) is 0 Å². The molecular formula is C25H24ClN5O. The Bertz CT molecular complexity index is 1210. The first kappa shape index (κ1) is 20.5. The Kier molecular flexibility index (Phi) is 5.77. The van der Waals surface area contributed by atoms with E-state index in [1.165, 1.54) is 0 Å². The first-order chi connectivity index (χ1) is 15.7. The van der Waals surface area contributed by atoms with E-state index < -0.39 is 0 Å². The molecule has 5 rings (SSSR count). The molecule has 0 bridgehead atoms. The molecule has 0 saturated carbocycles. The van der Waals surface area contributed by atoms with Crippen molar-refractivity contribution >= 4 is 34.4 Å². The lowest BCUT2D eigenvalue weighted by molar-refractivity contribution is -0.131. The third-order valence-corrected chi connectivity index (χ3v) is 6.10. The summed E-state index contributed by atoms with van der Waals surface area (Å²) in [6, 6.07) is 22.1. The number of carbonyl (C=O) groups is 1. The van der Waals surface area contributed by atoms with Gasteiger partial charge in [0.05, 0.1) is 16.1 Å². The number of benzene rings is 2. The second kappa shape index (κ2) is 9.01.